The van der Waals surface area contributed by atoms with Crippen LogP contribution in [0.25, 0.3) is 0 Å². The molecule has 0 saturated carbocycles. The van der Waals surface area contributed by atoms with E-state index in [-0.39, 0.29) is 0 Å². The molecule has 11 heavy (non-hydrogen) atoms. The highest BCUT2D eigenvalue weighted by molar-refractivity contribution is 5.48. The summed E-state index contributed by atoms with van der Waals surface area (Å²) in [7, 11) is 0. The number of nitrogens with two attached hydrogens (primary N) is 1. The number of hydrogen-bond donors (Lipinski definition) is 2. The van der Waals surface area contributed by atoms with E-state index in [1.165, 1.54) is 5.56 Å². The predicted octanol–water partition coefficient (Wildman–Crippen LogP) is 1.84. The van der Waals surface area contributed by atoms with Gasteiger partial charge in [-0.1, -0.05) is 18.7 Å². The molecule has 0 unspecified atom stereocenters. The van der Waals surface area contributed by atoms with Gasteiger partial charge in [-0.3, -0.25) is 0 Å². The van der Waals surface area contributed by atoms with Crippen LogP contribution in [0.1, 0.15) is 5.56 Å². The Hall–Kier alpha value is -1.44. The average molecular weight is 148 g/mol. The van der Waals surface area contributed by atoms with E-state index in [4.69, 9.17) is 5.73 Å². The summed E-state index contributed by atoms with van der Waals surface area (Å²) in [6.07, 6.45) is 0. The first-order valence-corrected chi connectivity index (χ1v) is 3.46. The molecule has 1 rings (SSSR count). The Morgan fingerprint density at radius 3 is 2.82 bits per heavy atom. The molecule has 0 aliphatic rings. The molecule has 0 amide bonds. The molecular weight excluding hydrogens is 136 g/mol. The van der Waals surface area contributed by atoms with Crippen molar-refractivity contribution in [2.24, 2.45) is 5.73 Å². The zero-order valence-electron chi connectivity index (χ0n) is 6.59. The highest BCUT2D eigenvalue weighted by Gasteiger charge is 1.89. The van der Waals surface area contributed by atoms with E-state index in [0.29, 0.717) is 5.82 Å². The zero-order valence-corrected chi connectivity index (χ0v) is 6.59. The molecule has 0 radical (unpaired) electrons. The molecule has 0 saturated heterocycles. The third-order valence-corrected chi connectivity index (χ3v) is 1.32. The van der Waals surface area contributed by atoms with Crippen LogP contribution < -0.4 is 11.1 Å². The van der Waals surface area contributed by atoms with E-state index in [2.05, 4.69) is 11.9 Å². The molecule has 0 fully saturated rings. The van der Waals surface area contributed by atoms with Gasteiger partial charge in [0, 0.05) is 5.69 Å². The van der Waals surface area contributed by atoms with Gasteiger partial charge >= 0.3 is 0 Å². The van der Waals surface area contributed by atoms with Gasteiger partial charge in [-0.15, -0.1) is 0 Å². The summed E-state index contributed by atoms with van der Waals surface area (Å²) in [5.74, 6) is 0.468. The summed E-state index contributed by atoms with van der Waals surface area (Å²) in [4.78, 5) is 0. The molecular formula is C9H12N2. The Bertz CT molecular complexity index is 266. The van der Waals surface area contributed by atoms with Gasteiger partial charge < -0.3 is 11.1 Å². The smallest absolute Gasteiger partial charge is 0.0930 e. The van der Waals surface area contributed by atoms with Gasteiger partial charge in [0.1, 0.15) is 0 Å². The standard InChI is InChI=1S/C9H12N2/c1-7-4-3-5-9(6-7)11-8(2)10/h3-6,11H,2,10H2,1H3. The summed E-state index contributed by atoms with van der Waals surface area (Å²) in [6, 6.07) is 7.97. The molecule has 1 aromatic rings. The van der Waals surface area contributed by atoms with Crippen molar-refractivity contribution in [2.75, 3.05) is 5.32 Å². The third-order valence-electron chi connectivity index (χ3n) is 1.32. The van der Waals surface area contributed by atoms with Gasteiger partial charge in [-0.2, -0.15) is 0 Å². The van der Waals surface area contributed by atoms with Crippen LogP contribution in [0.3, 0.4) is 0 Å². The Morgan fingerprint density at radius 1 is 1.55 bits per heavy atom. The third kappa shape index (κ3) is 2.34. The summed E-state index contributed by atoms with van der Waals surface area (Å²) in [5.41, 5.74) is 7.56. The number of rotatable bonds is 2. The van der Waals surface area contributed by atoms with Gasteiger partial charge in [0.25, 0.3) is 0 Å². The molecule has 1 aromatic carbocycles. The maximum atomic E-state index is 5.37. The van der Waals surface area contributed by atoms with Gasteiger partial charge in [-0.05, 0) is 24.6 Å². The van der Waals surface area contributed by atoms with Gasteiger partial charge in [0.15, 0.2) is 0 Å². The largest absolute Gasteiger partial charge is 0.386 e. The predicted molar refractivity (Wildman–Crippen MR) is 48.1 cm³/mol. The second-order valence-electron chi connectivity index (χ2n) is 2.52. The van der Waals surface area contributed by atoms with Crippen LogP contribution in [0.2, 0.25) is 0 Å². The molecule has 0 aliphatic carbocycles. The van der Waals surface area contributed by atoms with Crippen LogP contribution in [-0.2, 0) is 0 Å². The van der Waals surface area contributed by atoms with Crippen molar-refractivity contribution in [3.63, 3.8) is 0 Å². The fourth-order valence-electron chi connectivity index (χ4n) is 0.908. The Labute approximate surface area is 66.7 Å². The summed E-state index contributed by atoms with van der Waals surface area (Å²) in [6.45, 7) is 5.58. The second-order valence-corrected chi connectivity index (χ2v) is 2.52. The Balaban J connectivity index is 2.79. The minimum Gasteiger partial charge on any atom is -0.386 e. The fraction of sp³-hybridized carbons (Fsp3) is 0.111. The van der Waals surface area contributed by atoms with Gasteiger partial charge in [0.05, 0.1) is 5.82 Å². The summed E-state index contributed by atoms with van der Waals surface area (Å²) in [5, 5.41) is 2.93. The first-order valence-electron chi connectivity index (χ1n) is 3.46. The number of hydrogen-bond acceptors (Lipinski definition) is 2. The number of anilines is 1. The van der Waals surface area contributed by atoms with E-state index in [9.17, 15) is 0 Å². The van der Waals surface area contributed by atoms with E-state index >= 15 is 0 Å². The lowest BCUT2D eigenvalue weighted by molar-refractivity contribution is 1.32. The van der Waals surface area contributed by atoms with Crippen LogP contribution in [-0.4, -0.2) is 0 Å². The SMILES string of the molecule is C=C(N)Nc1cccc(C)c1. The summed E-state index contributed by atoms with van der Waals surface area (Å²) < 4.78 is 0. The first kappa shape index (κ1) is 7.66. The molecule has 2 heteroatoms. The van der Waals surface area contributed by atoms with Crippen LogP contribution in [0.4, 0.5) is 5.69 Å². The Kier molecular flexibility index (Phi) is 2.16. The first-order chi connectivity index (χ1) is 5.18. The van der Waals surface area contributed by atoms with Crippen molar-refractivity contribution in [3.05, 3.63) is 42.2 Å². The summed E-state index contributed by atoms with van der Waals surface area (Å²) >= 11 is 0. The fourth-order valence-corrected chi connectivity index (χ4v) is 0.908. The highest BCUT2D eigenvalue weighted by atomic mass is 15.0. The van der Waals surface area contributed by atoms with Crippen molar-refractivity contribution in [2.45, 2.75) is 6.92 Å². The normalized spacial score (nSPS) is 9.18. The molecule has 0 spiro atoms. The number of benzene rings is 1. The molecule has 3 N–H and O–H groups in total. The highest BCUT2D eigenvalue weighted by Crippen LogP contribution is 2.09. The van der Waals surface area contributed by atoms with Crippen LogP contribution in [0.15, 0.2) is 36.7 Å². The van der Waals surface area contributed by atoms with E-state index in [0.717, 1.165) is 5.69 Å². The molecule has 0 aliphatic heterocycles. The molecule has 58 valence electrons. The minimum atomic E-state index is 0.468. The maximum absolute atomic E-state index is 5.37. The quantitative estimate of drug-likeness (QED) is 0.671. The molecule has 2 nitrogen and oxygen atoms in total. The molecule has 0 heterocycles. The van der Waals surface area contributed by atoms with E-state index < -0.39 is 0 Å². The number of nitrogens with one attached hydrogen (secondary N) is 1. The van der Waals surface area contributed by atoms with E-state index in [1.807, 2.05) is 31.2 Å². The average Bonchev–Trinajstić information content (AvgIpc) is 1.85. The van der Waals surface area contributed by atoms with Crippen molar-refractivity contribution in [1.29, 1.82) is 0 Å². The maximum Gasteiger partial charge on any atom is 0.0930 e. The van der Waals surface area contributed by atoms with E-state index in [1.54, 1.807) is 0 Å². The van der Waals surface area contributed by atoms with Gasteiger partial charge in [0.2, 0.25) is 0 Å². The lowest BCUT2D eigenvalue weighted by Crippen LogP contribution is -2.06. The van der Waals surface area contributed by atoms with Crippen LogP contribution >= 0.6 is 0 Å². The van der Waals surface area contributed by atoms with Gasteiger partial charge in [-0.25, -0.2) is 0 Å². The second kappa shape index (κ2) is 3.10. The lowest BCUT2D eigenvalue weighted by Gasteiger charge is -2.04. The van der Waals surface area contributed by atoms with Crippen molar-refractivity contribution >= 4 is 5.69 Å². The van der Waals surface area contributed by atoms with Crippen molar-refractivity contribution in [3.8, 4) is 0 Å². The molecule has 0 bridgehead atoms. The lowest BCUT2D eigenvalue weighted by atomic mass is 10.2. The number of aryl methyl sites for hydroxylation is 1. The monoisotopic (exact) mass is 148 g/mol. The minimum absolute atomic E-state index is 0.468. The van der Waals surface area contributed by atoms with Crippen molar-refractivity contribution in [1.82, 2.24) is 0 Å². The molecule has 0 aromatic heterocycles. The van der Waals surface area contributed by atoms with Crippen molar-refractivity contribution < 1.29 is 0 Å². The topological polar surface area (TPSA) is 38.0 Å². The van der Waals surface area contributed by atoms with Crippen LogP contribution in [0, 0.1) is 6.92 Å². The Morgan fingerprint density at radius 2 is 2.27 bits per heavy atom. The molecule has 0 atom stereocenters. The van der Waals surface area contributed by atoms with Crippen LogP contribution in [0.5, 0.6) is 0 Å². The zero-order chi connectivity index (χ0) is 8.27.